The van der Waals surface area contributed by atoms with Crippen LogP contribution in [0.15, 0.2) is 34.8 Å². The van der Waals surface area contributed by atoms with Gasteiger partial charge in [0, 0.05) is 50.9 Å². The molecule has 7 nitrogen and oxygen atoms in total. The Labute approximate surface area is 246 Å². The minimum Gasteiger partial charge on any atom is -0.507 e. The summed E-state index contributed by atoms with van der Waals surface area (Å²) in [5.41, 5.74) is 4.90. The van der Waals surface area contributed by atoms with Crippen molar-refractivity contribution in [2.24, 2.45) is 0 Å². The first-order chi connectivity index (χ1) is 17.1. The van der Waals surface area contributed by atoms with Gasteiger partial charge in [0.1, 0.15) is 41.8 Å². The molecule has 0 aromatic heterocycles. The van der Waals surface area contributed by atoms with Crippen molar-refractivity contribution in [3.05, 3.63) is 62.6 Å². The van der Waals surface area contributed by atoms with Gasteiger partial charge in [-0.1, -0.05) is 0 Å². The zero-order chi connectivity index (χ0) is 25.8. The normalized spacial score (nSPS) is 21.5. The molecule has 3 aliphatic heterocycles. The number of amides is 2. The molecular weight excluding hydrogens is 567 g/mol. The molecule has 0 saturated carbocycles. The Morgan fingerprint density at radius 2 is 1.95 bits per heavy atom. The van der Waals surface area contributed by atoms with Crippen molar-refractivity contribution in [1.29, 1.82) is 0 Å². The molecule has 3 heterocycles. The number of fused-ring (bicyclic) bond motifs is 2. The molecule has 2 aromatic rings. The summed E-state index contributed by atoms with van der Waals surface area (Å²) < 4.78 is 18.5. The van der Waals surface area contributed by atoms with Crippen LogP contribution in [0.4, 0.5) is 4.79 Å². The van der Waals surface area contributed by atoms with Gasteiger partial charge in [0.25, 0.3) is 11.1 Å². The van der Waals surface area contributed by atoms with Crippen LogP contribution in [0.1, 0.15) is 41.2 Å². The van der Waals surface area contributed by atoms with Crippen LogP contribution >= 0.6 is 11.8 Å². The fourth-order valence-electron chi connectivity index (χ4n) is 4.69. The number of carbonyl (C=O) groups excluding carboxylic acids is 2. The van der Waals surface area contributed by atoms with E-state index in [2.05, 4.69) is 0 Å². The van der Waals surface area contributed by atoms with Gasteiger partial charge in [-0.15, -0.1) is 0 Å². The van der Waals surface area contributed by atoms with E-state index in [4.69, 9.17) is 14.2 Å². The van der Waals surface area contributed by atoms with Crippen LogP contribution in [0.25, 0.3) is 6.08 Å². The molecule has 2 aromatic carbocycles. The number of ether oxygens (including phenoxy) is 3. The third-order valence-corrected chi connectivity index (χ3v) is 8.12. The SMILES string of the molecule is Cc1c(C)c2c(c(C)c1O)CCC(C)(COc1ccc3c(c1)C=C(/C=C1\SC(=O)N(C)C1=O)CO3)O2.[Y]. The summed E-state index contributed by atoms with van der Waals surface area (Å²) in [5, 5.41) is 10.1. The van der Waals surface area contributed by atoms with E-state index in [1.54, 1.807) is 6.08 Å². The van der Waals surface area contributed by atoms with E-state index in [1.165, 1.54) is 7.05 Å². The monoisotopic (exact) mass is 596 g/mol. The number of likely N-dealkylation sites (N-methyl/N-ethyl adjacent to an activating group) is 1. The minimum absolute atomic E-state index is 0. The van der Waals surface area contributed by atoms with Crippen molar-refractivity contribution in [1.82, 2.24) is 4.90 Å². The van der Waals surface area contributed by atoms with Crippen molar-refractivity contribution in [3.63, 3.8) is 0 Å². The number of rotatable bonds is 4. The summed E-state index contributed by atoms with van der Waals surface area (Å²) in [6.45, 7) is 8.56. The maximum absolute atomic E-state index is 12.2. The molecule has 37 heavy (non-hydrogen) atoms. The maximum atomic E-state index is 12.2. The number of imide groups is 1. The van der Waals surface area contributed by atoms with Gasteiger partial charge in [-0.05, 0) is 105 Å². The van der Waals surface area contributed by atoms with Crippen molar-refractivity contribution in [2.75, 3.05) is 20.3 Å². The van der Waals surface area contributed by atoms with E-state index in [9.17, 15) is 14.7 Å². The smallest absolute Gasteiger partial charge is 0.293 e. The molecule has 1 fully saturated rings. The number of aromatic hydroxyl groups is 1. The van der Waals surface area contributed by atoms with E-state index < -0.39 is 5.60 Å². The second kappa shape index (κ2) is 10.5. The third kappa shape index (κ3) is 5.20. The fraction of sp³-hybridized carbons (Fsp3) is 0.357. The van der Waals surface area contributed by atoms with Crippen LogP contribution in [-0.2, 0) is 43.9 Å². The summed E-state index contributed by atoms with van der Waals surface area (Å²) >= 11 is 0.932. The van der Waals surface area contributed by atoms with Gasteiger partial charge in [-0.25, -0.2) is 0 Å². The Morgan fingerprint density at radius 3 is 2.65 bits per heavy atom. The number of benzene rings is 2. The molecule has 0 spiro atoms. The number of nitrogens with zero attached hydrogens (tertiary/aromatic N) is 1. The summed E-state index contributed by atoms with van der Waals surface area (Å²) in [4.78, 5) is 25.5. The van der Waals surface area contributed by atoms with E-state index in [1.807, 2.05) is 52.0 Å². The summed E-state index contributed by atoms with van der Waals surface area (Å²) in [5.74, 6) is 2.33. The molecule has 1 N–H and O–H groups in total. The van der Waals surface area contributed by atoms with Gasteiger partial charge in [0.15, 0.2) is 0 Å². The third-order valence-electron chi connectivity index (χ3n) is 7.16. The first-order valence-electron chi connectivity index (χ1n) is 11.9. The average molecular weight is 597 g/mol. The number of hydrogen-bond acceptors (Lipinski definition) is 7. The van der Waals surface area contributed by atoms with Crippen molar-refractivity contribution < 1.29 is 61.6 Å². The fourth-order valence-corrected chi connectivity index (χ4v) is 5.54. The van der Waals surface area contributed by atoms with E-state index in [-0.39, 0.29) is 43.9 Å². The zero-order valence-corrected chi connectivity index (χ0v) is 25.3. The molecule has 9 heteroatoms. The quantitative estimate of drug-likeness (QED) is 0.469. The number of thioether (sulfide) groups is 1. The predicted octanol–water partition coefficient (Wildman–Crippen LogP) is 5.46. The second-order valence-corrected chi connectivity index (χ2v) is 10.8. The van der Waals surface area contributed by atoms with Gasteiger partial charge in [0.05, 0.1) is 4.91 Å². The maximum Gasteiger partial charge on any atom is 0.293 e. The van der Waals surface area contributed by atoms with E-state index in [0.29, 0.717) is 29.6 Å². The number of phenols is 1. The Bertz CT molecular complexity index is 1370. The van der Waals surface area contributed by atoms with Gasteiger partial charge < -0.3 is 19.3 Å². The molecule has 1 radical (unpaired) electrons. The zero-order valence-electron chi connectivity index (χ0n) is 21.6. The van der Waals surface area contributed by atoms with E-state index in [0.717, 1.165) is 74.4 Å². The van der Waals surface area contributed by atoms with Crippen LogP contribution in [0, 0.1) is 20.8 Å². The Kier molecular flexibility index (Phi) is 7.85. The molecule has 1 unspecified atom stereocenters. The first kappa shape index (κ1) is 27.7. The molecule has 0 bridgehead atoms. The van der Waals surface area contributed by atoms with Crippen molar-refractivity contribution in [2.45, 2.75) is 46.1 Å². The molecule has 5 rings (SSSR count). The molecule has 2 amide bonds. The van der Waals surface area contributed by atoms with Crippen molar-refractivity contribution in [3.8, 4) is 23.0 Å². The van der Waals surface area contributed by atoms with Gasteiger partial charge in [-0.3, -0.25) is 14.5 Å². The molecule has 0 aliphatic carbocycles. The largest absolute Gasteiger partial charge is 0.507 e. The molecule has 3 aliphatic rings. The van der Waals surface area contributed by atoms with Crippen LogP contribution in [0.5, 0.6) is 23.0 Å². The topological polar surface area (TPSA) is 85.3 Å². The summed E-state index contributed by atoms with van der Waals surface area (Å²) in [7, 11) is 1.48. The summed E-state index contributed by atoms with van der Waals surface area (Å²) in [6, 6.07) is 5.65. The van der Waals surface area contributed by atoms with E-state index >= 15 is 0 Å². The summed E-state index contributed by atoms with van der Waals surface area (Å²) in [6.07, 6.45) is 5.24. The molecule has 191 valence electrons. The Morgan fingerprint density at radius 1 is 1.19 bits per heavy atom. The van der Waals surface area contributed by atoms with Crippen LogP contribution < -0.4 is 14.2 Å². The number of hydrogen-bond donors (Lipinski definition) is 1. The van der Waals surface area contributed by atoms with Crippen LogP contribution in [-0.4, -0.2) is 47.0 Å². The number of phenolic OH excluding ortho intramolecular Hbond substituents is 1. The van der Waals surface area contributed by atoms with Gasteiger partial charge in [0.2, 0.25) is 0 Å². The molecular formula is C28H29NO6SY. The standard InChI is InChI=1S/C28H29NO6S.Y/c1-15-16(2)25-21(17(3)24(15)30)8-9-28(4,35-25)14-34-20-6-7-22-19(12-20)10-18(13-33-22)11-23-26(31)29(5)27(32)36-23;/h6-7,10-12,30H,8-9,13-14H2,1-5H3;/b23-11-;. The Balaban J connectivity index is 0.00000320. The Hall–Kier alpha value is -2.29. The van der Waals surface area contributed by atoms with Crippen molar-refractivity contribution >= 4 is 29.0 Å². The second-order valence-electron chi connectivity index (χ2n) is 9.82. The number of carbonyl (C=O) groups is 2. The predicted molar refractivity (Wildman–Crippen MR) is 139 cm³/mol. The van der Waals surface area contributed by atoms with Crippen LogP contribution in [0.2, 0.25) is 0 Å². The first-order valence-corrected chi connectivity index (χ1v) is 12.7. The van der Waals surface area contributed by atoms with Crippen LogP contribution in [0.3, 0.4) is 0 Å². The average Bonchev–Trinajstić information content (AvgIpc) is 3.11. The van der Waals surface area contributed by atoms with Gasteiger partial charge in [-0.2, -0.15) is 0 Å². The minimum atomic E-state index is -0.510. The molecule has 1 saturated heterocycles. The molecule has 1 atom stereocenters. The van der Waals surface area contributed by atoms with Gasteiger partial charge >= 0.3 is 0 Å².